The Morgan fingerprint density at radius 1 is 1.09 bits per heavy atom. The van der Waals surface area contributed by atoms with Gasteiger partial charge in [0.25, 0.3) is 0 Å². The van der Waals surface area contributed by atoms with E-state index in [1.54, 1.807) is 7.11 Å². The lowest BCUT2D eigenvalue weighted by molar-refractivity contribution is 0.199. The van der Waals surface area contributed by atoms with Gasteiger partial charge < -0.3 is 24.3 Å². The van der Waals surface area contributed by atoms with Crippen LogP contribution in [0.5, 0.6) is 16.6 Å². The van der Waals surface area contributed by atoms with E-state index in [1.165, 1.54) is 16.9 Å². The maximum atomic E-state index is 9.82. The number of hydrogen-bond donors (Lipinski definition) is 1. The molecule has 1 aliphatic rings. The quantitative estimate of drug-likeness (QED) is 0.474. The Kier molecular flexibility index (Phi) is 7.62. The van der Waals surface area contributed by atoms with Crippen molar-refractivity contribution in [2.24, 2.45) is 0 Å². The number of nitrogens with zero attached hydrogens (tertiary/aromatic N) is 1. The van der Waals surface area contributed by atoms with Crippen LogP contribution >= 0.6 is 11.3 Å². The Morgan fingerprint density at radius 3 is 2.78 bits per heavy atom. The largest absolute Gasteiger partial charge is 0.490 e. The summed E-state index contributed by atoms with van der Waals surface area (Å²) in [6.07, 6.45) is 0.855. The molecule has 2 heterocycles. The first kappa shape index (κ1) is 22.2. The van der Waals surface area contributed by atoms with Crippen LogP contribution in [0.15, 0.2) is 47.8 Å². The second-order valence-corrected chi connectivity index (χ2v) is 8.26. The van der Waals surface area contributed by atoms with Crippen molar-refractivity contribution in [3.05, 3.63) is 64.5 Å². The number of nitrogens with one attached hydrogen (secondary N) is 1. The fourth-order valence-electron chi connectivity index (χ4n) is 3.48. The van der Waals surface area contributed by atoms with Gasteiger partial charge in [-0.3, -0.25) is 0 Å². The SMILES string of the molecule is COCCNCc1cccc(COc2scc(-c3ccc4c(c3)OCCCO4)c2C#N)c1. The van der Waals surface area contributed by atoms with Crippen molar-refractivity contribution in [2.45, 2.75) is 19.6 Å². The minimum absolute atomic E-state index is 0.404. The maximum absolute atomic E-state index is 9.82. The monoisotopic (exact) mass is 450 g/mol. The topological polar surface area (TPSA) is 72.7 Å². The van der Waals surface area contributed by atoms with Gasteiger partial charge in [-0.15, -0.1) is 11.3 Å². The van der Waals surface area contributed by atoms with Crippen molar-refractivity contribution in [1.29, 1.82) is 5.26 Å². The lowest BCUT2D eigenvalue weighted by Gasteiger charge is -2.10. The molecule has 7 heteroatoms. The van der Waals surface area contributed by atoms with E-state index in [-0.39, 0.29) is 0 Å². The third-order valence-electron chi connectivity index (χ3n) is 5.10. The second-order valence-electron chi connectivity index (χ2n) is 7.41. The van der Waals surface area contributed by atoms with Crippen LogP contribution < -0.4 is 19.5 Å². The summed E-state index contributed by atoms with van der Waals surface area (Å²) in [6, 6.07) is 16.4. The molecule has 166 valence electrons. The molecule has 0 aliphatic carbocycles. The molecule has 0 radical (unpaired) electrons. The predicted octanol–water partition coefficient (Wildman–Crippen LogP) is 4.76. The Bertz CT molecular complexity index is 1090. The number of rotatable bonds is 9. The first-order valence-electron chi connectivity index (χ1n) is 10.6. The van der Waals surface area contributed by atoms with Gasteiger partial charge in [0.1, 0.15) is 18.2 Å². The first-order chi connectivity index (χ1) is 15.8. The molecular formula is C25H26N2O4S. The summed E-state index contributed by atoms with van der Waals surface area (Å²) in [6.45, 7) is 3.94. The summed E-state index contributed by atoms with van der Waals surface area (Å²) in [4.78, 5) is 0. The Morgan fingerprint density at radius 2 is 1.94 bits per heavy atom. The minimum atomic E-state index is 0.404. The molecule has 0 spiro atoms. The summed E-state index contributed by atoms with van der Waals surface area (Å²) in [5, 5.41) is 15.7. The molecule has 3 aromatic rings. The van der Waals surface area contributed by atoms with E-state index in [2.05, 4.69) is 23.5 Å². The molecule has 0 saturated carbocycles. The molecule has 4 rings (SSSR count). The zero-order valence-electron chi connectivity index (χ0n) is 18.1. The molecule has 0 saturated heterocycles. The predicted molar refractivity (Wildman–Crippen MR) is 124 cm³/mol. The highest BCUT2D eigenvalue weighted by Gasteiger charge is 2.18. The number of thiophene rings is 1. The number of nitriles is 1. The molecule has 6 nitrogen and oxygen atoms in total. The Labute approximate surface area is 192 Å². The molecule has 2 aromatic carbocycles. The van der Waals surface area contributed by atoms with E-state index in [0.29, 0.717) is 42.8 Å². The molecule has 0 fully saturated rings. The Hall–Kier alpha value is -3.05. The van der Waals surface area contributed by atoms with E-state index < -0.39 is 0 Å². The number of methoxy groups -OCH3 is 1. The van der Waals surface area contributed by atoms with Crippen molar-refractivity contribution in [1.82, 2.24) is 5.32 Å². The van der Waals surface area contributed by atoms with Crippen LogP contribution in [0.2, 0.25) is 0 Å². The van der Waals surface area contributed by atoms with Crippen LogP contribution in [0.1, 0.15) is 23.1 Å². The van der Waals surface area contributed by atoms with Crippen molar-refractivity contribution < 1.29 is 18.9 Å². The molecule has 0 bridgehead atoms. The van der Waals surface area contributed by atoms with Crippen LogP contribution in [0.25, 0.3) is 11.1 Å². The van der Waals surface area contributed by atoms with Crippen LogP contribution in [-0.4, -0.2) is 33.5 Å². The number of hydrogen-bond acceptors (Lipinski definition) is 7. The number of ether oxygens (including phenoxy) is 4. The summed E-state index contributed by atoms with van der Waals surface area (Å²) >= 11 is 1.44. The zero-order valence-corrected chi connectivity index (χ0v) is 18.9. The first-order valence-corrected chi connectivity index (χ1v) is 11.5. The third-order valence-corrected chi connectivity index (χ3v) is 5.99. The lowest BCUT2D eigenvalue weighted by Crippen LogP contribution is -2.18. The third kappa shape index (κ3) is 5.40. The number of benzene rings is 2. The van der Waals surface area contributed by atoms with Crippen LogP contribution in [0.3, 0.4) is 0 Å². The fraction of sp³-hybridized carbons (Fsp3) is 0.320. The average Bonchev–Trinajstić information content (AvgIpc) is 3.09. The smallest absolute Gasteiger partial charge is 0.192 e. The molecular weight excluding hydrogens is 424 g/mol. The van der Waals surface area contributed by atoms with Gasteiger partial charge in [-0.2, -0.15) is 5.26 Å². The highest BCUT2D eigenvalue weighted by molar-refractivity contribution is 7.12. The Balaban J connectivity index is 1.45. The van der Waals surface area contributed by atoms with Crippen molar-refractivity contribution in [3.63, 3.8) is 0 Å². The summed E-state index contributed by atoms with van der Waals surface area (Å²) < 4.78 is 22.6. The minimum Gasteiger partial charge on any atom is -0.490 e. The normalized spacial score (nSPS) is 12.8. The van der Waals surface area contributed by atoms with Gasteiger partial charge in [0.2, 0.25) is 0 Å². The van der Waals surface area contributed by atoms with Gasteiger partial charge in [0, 0.05) is 37.6 Å². The zero-order chi connectivity index (χ0) is 22.2. The molecule has 1 aromatic heterocycles. The van der Waals surface area contributed by atoms with Gasteiger partial charge in [-0.1, -0.05) is 30.3 Å². The lowest BCUT2D eigenvalue weighted by atomic mass is 10.0. The van der Waals surface area contributed by atoms with Crippen molar-refractivity contribution in [3.8, 4) is 33.8 Å². The highest BCUT2D eigenvalue weighted by Crippen LogP contribution is 2.40. The maximum Gasteiger partial charge on any atom is 0.192 e. The van der Waals surface area contributed by atoms with E-state index >= 15 is 0 Å². The summed E-state index contributed by atoms with van der Waals surface area (Å²) in [5.74, 6) is 1.46. The summed E-state index contributed by atoms with van der Waals surface area (Å²) in [5.41, 5.74) is 4.55. The van der Waals surface area contributed by atoms with Gasteiger partial charge in [-0.05, 0) is 28.8 Å². The van der Waals surface area contributed by atoms with E-state index in [1.807, 2.05) is 35.7 Å². The number of fused-ring (bicyclic) bond motifs is 1. The summed E-state index contributed by atoms with van der Waals surface area (Å²) in [7, 11) is 1.69. The van der Waals surface area contributed by atoms with Gasteiger partial charge in [0.15, 0.2) is 16.6 Å². The van der Waals surface area contributed by atoms with Crippen molar-refractivity contribution in [2.75, 3.05) is 33.5 Å². The van der Waals surface area contributed by atoms with Crippen LogP contribution in [0.4, 0.5) is 0 Å². The molecule has 32 heavy (non-hydrogen) atoms. The van der Waals surface area contributed by atoms with Crippen LogP contribution in [0, 0.1) is 11.3 Å². The molecule has 1 aliphatic heterocycles. The molecule has 0 unspecified atom stereocenters. The van der Waals surface area contributed by atoms with Gasteiger partial charge in [-0.25, -0.2) is 0 Å². The standard InChI is InChI=1S/C25H26N2O4S/c1-28-11-8-27-15-18-4-2-5-19(12-18)16-31-25-21(14-26)22(17-32-25)20-6-7-23-24(13-20)30-10-3-9-29-23/h2,4-7,12-13,17,27H,3,8-11,15-16H2,1H3. The average molecular weight is 451 g/mol. The highest BCUT2D eigenvalue weighted by atomic mass is 32.1. The molecule has 1 N–H and O–H groups in total. The van der Waals surface area contributed by atoms with E-state index in [9.17, 15) is 5.26 Å². The fourth-order valence-corrected chi connectivity index (χ4v) is 4.36. The van der Waals surface area contributed by atoms with Crippen LogP contribution in [-0.2, 0) is 17.9 Å². The van der Waals surface area contributed by atoms with Gasteiger partial charge in [0.05, 0.1) is 19.8 Å². The van der Waals surface area contributed by atoms with E-state index in [4.69, 9.17) is 18.9 Å². The second kappa shape index (κ2) is 11.0. The van der Waals surface area contributed by atoms with Gasteiger partial charge >= 0.3 is 0 Å². The van der Waals surface area contributed by atoms with E-state index in [0.717, 1.165) is 42.0 Å². The molecule has 0 amide bonds. The molecule has 0 atom stereocenters. The van der Waals surface area contributed by atoms with Crippen molar-refractivity contribution >= 4 is 11.3 Å².